The molecule has 0 atom stereocenters. The molecule has 0 saturated carbocycles. The lowest BCUT2D eigenvalue weighted by molar-refractivity contribution is -0.137. The molecule has 0 unspecified atom stereocenters. The third-order valence-electron chi connectivity index (χ3n) is 3.93. The number of hydrogen-bond donors (Lipinski definition) is 3. The standard InChI is InChI=1S/C16H22F3N3O2/c1-3-15(20,4-2)10-22-13(23)9-21-14(24)11-7-5-6-8-12(11)16(17,18)19/h5-8H,3-4,9-10,20H2,1-2H3,(H,21,24)(H,22,23). The number of hydrogen-bond acceptors (Lipinski definition) is 3. The van der Waals surface area contributed by atoms with Gasteiger partial charge in [-0.3, -0.25) is 9.59 Å². The van der Waals surface area contributed by atoms with Gasteiger partial charge >= 0.3 is 6.18 Å². The molecule has 24 heavy (non-hydrogen) atoms. The van der Waals surface area contributed by atoms with Gasteiger partial charge in [0, 0.05) is 12.1 Å². The van der Waals surface area contributed by atoms with E-state index < -0.39 is 41.2 Å². The first-order valence-electron chi connectivity index (χ1n) is 7.63. The molecule has 0 heterocycles. The maximum Gasteiger partial charge on any atom is 0.417 e. The fraction of sp³-hybridized carbons (Fsp3) is 0.500. The minimum atomic E-state index is -4.64. The molecule has 8 heteroatoms. The summed E-state index contributed by atoms with van der Waals surface area (Å²) in [5.41, 5.74) is 3.93. The third-order valence-corrected chi connectivity index (χ3v) is 3.93. The SMILES string of the molecule is CCC(N)(CC)CNC(=O)CNC(=O)c1ccccc1C(F)(F)F. The smallest absolute Gasteiger partial charge is 0.353 e. The molecule has 0 saturated heterocycles. The summed E-state index contributed by atoms with van der Waals surface area (Å²) in [6, 6.07) is 4.41. The highest BCUT2D eigenvalue weighted by molar-refractivity contribution is 5.97. The van der Waals surface area contributed by atoms with E-state index in [0.29, 0.717) is 12.8 Å². The van der Waals surface area contributed by atoms with Crippen LogP contribution in [-0.2, 0) is 11.0 Å². The fourth-order valence-electron chi connectivity index (χ4n) is 2.02. The average Bonchev–Trinajstić information content (AvgIpc) is 2.56. The number of amides is 2. The highest BCUT2D eigenvalue weighted by Gasteiger charge is 2.34. The molecule has 1 rings (SSSR count). The summed E-state index contributed by atoms with van der Waals surface area (Å²) in [5, 5.41) is 4.77. The molecule has 1 aromatic rings. The van der Waals surface area contributed by atoms with Crippen LogP contribution in [0.3, 0.4) is 0 Å². The number of halogens is 3. The lowest BCUT2D eigenvalue weighted by Gasteiger charge is -2.26. The minimum absolute atomic E-state index is 0.230. The molecule has 0 radical (unpaired) electrons. The van der Waals surface area contributed by atoms with E-state index in [1.807, 2.05) is 13.8 Å². The van der Waals surface area contributed by atoms with Crippen LogP contribution in [0.1, 0.15) is 42.6 Å². The second-order valence-corrected chi connectivity index (χ2v) is 5.57. The Bertz CT molecular complexity index is 584. The molecule has 4 N–H and O–H groups in total. The summed E-state index contributed by atoms with van der Waals surface area (Å²) in [5.74, 6) is -1.47. The Labute approximate surface area is 138 Å². The third kappa shape index (κ3) is 5.52. The molecule has 0 aromatic heterocycles. The van der Waals surface area contributed by atoms with E-state index in [9.17, 15) is 22.8 Å². The van der Waals surface area contributed by atoms with Crippen molar-refractivity contribution in [2.45, 2.75) is 38.4 Å². The number of rotatable bonds is 7. The molecule has 2 amide bonds. The molecule has 0 aliphatic carbocycles. The van der Waals surface area contributed by atoms with Crippen molar-refractivity contribution >= 4 is 11.8 Å². The zero-order valence-corrected chi connectivity index (χ0v) is 13.7. The number of nitrogens with one attached hydrogen (secondary N) is 2. The summed E-state index contributed by atoms with van der Waals surface area (Å²) >= 11 is 0. The molecule has 0 spiro atoms. The lowest BCUT2D eigenvalue weighted by Crippen LogP contribution is -2.50. The molecule has 134 valence electrons. The topological polar surface area (TPSA) is 84.2 Å². The van der Waals surface area contributed by atoms with Crippen molar-refractivity contribution in [1.82, 2.24) is 10.6 Å². The largest absolute Gasteiger partial charge is 0.417 e. The fourth-order valence-corrected chi connectivity index (χ4v) is 2.02. The van der Waals surface area contributed by atoms with Crippen LogP contribution >= 0.6 is 0 Å². The highest BCUT2D eigenvalue weighted by atomic mass is 19.4. The van der Waals surface area contributed by atoms with Crippen LogP contribution in [0.25, 0.3) is 0 Å². The Morgan fingerprint density at radius 2 is 1.67 bits per heavy atom. The van der Waals surface area contributed by atoms with Crippen molar-refractivity contribution in [3.05, 3.63) is 35.4 Å². The Balaban J connectivity index is 2.63. The number of carbonyl (C=O) groups excluding carboxylic acids is 2. The molecule has 0 aliphatic heterocycles. The van der Waals surface area contributed by atoms with Crippen LogP contribution in [-0.4, -0.2) is 30.4 Å². The van der Waals surface area contributed by atoms with Crippen LogP contribution in [0, 0.1) is 0 Å². The van der Waals surface area contributed by atoms with Gasteiger partial charge in [0.25, 0.3) is 5.91 Å². The van der Waals surface area contributed by atoms with Crippen molar-refractivity contribution in [1.29, 1.82) is 0 Å². The molecule has 0 aliphatic rings. The Hall–Kier alpha value is -2.09. The van der Waals surface area contributed by atoms with Crippen molar-refractivity contribution in [2.24, 2.45) is 5.73 Å². The van der Waals surface area contributed by atoms with E-state index in [0.717, 1.165) is 12.1 Å². The monoisotopic (exact) mass is 345 g/mol. The maximum atomic E-state index is 12.9. The minimum Gasteiger partial charge on any atom is -0.353 e. The normalized spacial score (nSPS) is 11.9. The van der Waals surface area contributed by atoms with Crippen LogP contribution in [0.4, 0.5) is 13.2 Å². The van der Waals surface area contributed by atoms with Gasteiger partial charge in [-0.1, -0.05) is 26.0 Å². The highest BCUT2D eigenvalue weighted by Crippen LogP contribution is 2.31. The predicted octanol–water partition coefficient (Wildman–Crippen LogP) is 2.07. The lowest BCUT2D eigenvalue weighted by atomic mass is 9.94. The zero-order valence-electron chi connectivity index (χ0n) is 13.7. The van der Waals surface area contributed by atoms with Gasteiger partial charge in [-0.2, -0.15) is 13.2 Å². The average molecular weight is 345 g/mol. The summed E-state index contributed by atoms with van der Waals surface area (Å²) in [6.07, 6.45) is -3.32. The number of alkyl halides is 3. The van der Waals surface area contributed by atoms with Gasteiger partial charge in [0.05, 0.1) is 17.7 Å². The van der Waals surface area contributed by atoms with E-state index in [-0.39, 0.29) is 6.54 Å². The van der Waals surface area contributed by atoms with Crippen molar-refractivity contribution in [3.8, 4) is 0 Å². The predicted molar refractivity (Wildman–Crippen MR) is 84.3 cm³/mol. The molecule has 0 bridgehead atoms. The van der Waals surface area contributed by atoms with E-state index in [1.165, 1.54) is 12.1 Å². The van der Waals surface area contributed by atoms with E-state index in [1.54, 1.807) is 0 Å². The van der Waals surface area contributed by atoms with Crippen LogP contribution in [0.15, 0.2) is 24.3 Å². The molecular weight excluding hydrogens is 323 g/mol. The van der Waals surface area contributed by atoms with E-state index in [4.69, 9.17) is 5.73 Å². The van der Waals surface area contributed by atoms with Crippen molar-refractivity contribution in [2.75, 3.05) is 13.1 Å². The Morgan fingerprint density at radius 3 is 2.21 bits per heavy atom. The van der Waals surface area contributed by atoms with E-state index in [2.05, 4.69) is 10.6 Å². The summed E-state index contributed by atoms with van der Waals surface area (Å²) < 4.78 is 38.6. The van der Waals surface area contributed by atoms with Gasteiger partial charge in [-0.05, 0) is 25.0 Å². The molecule has 0 fully saturated rings. The summed E-state index contributed by atoms with van der Waals surface area (Å²) in [7, 11) is 0. The number of carbonyl (C=O) groups is 2. The van der Waals surface area contributed by atoms with Gasteiger partial charge in [-0.25, -0.2) is 0 Å². The zero-order chi connectivity index (χ0) is 18.4. The first kappa shape index (κ1) is 20.0. The first-order chi connectivity index (χ1) is 11.1. The maximum absolute atomic E-state index is 12.9. The van der Waals surface area contributed by atoms with Gasteiger partial charge in [0.15, 0.2) is 0 Å². The van der Waals surface area contributed by atoms with Gasteiger partial charge in [0.1, 0.15) is 0 Å². The van der Waals surface area contributed by atoms with Crippen molar-refractivity contribution in [3.63, 3.8) is 0 Å². The van der Waals surface area contributed by atoms with E-state index >= 15 is 0 Å². The number of benzene rings is 1. The Kier molecular flexibility index (Phi) is 6.77. The second kappa shape index (κ2) is 8.14. The molecular formula is C16H22F3N3O2. The second-order valence-electron chi connectivity index (χ2n) is 5.57. The van der Waals surface area contributed by atoms with Crippen LogP contribution in [0.5, 0.6) is 0 Å². The van der Waals surface area contributed by atoms with Gasteiger partial charge in [-0.15, -0.1) is 0 Å². The van der Waals surface area contributed by atoms with Gasteiger partial charge < -0.3 is 16.4 Å². The number of nitrogens with two attached hydrogens (primary N) is 1. The summed E-state index contributed by atoms with van der Waals surface area (Å²) in [6.45, 7) is 3.60. The molecule has 1 aromatic carbocycles. The quantitative estimate of drug-likeness (QED) is 0.707. The van der Waals surface area contributed by atoms with Crippen LogP contribution < -0.4 is 16.4 Å². The first-order valence-corrected chi connectivity index (χ1v) is 7.63. The van der Waals surface area contributed by atoms with Crippen LogP contribution in [0.2, 0.25) is 0 Å². The summed E-state index contributed by atoms with van der Waals surface area (Å²) in [4.78, 5) is 23.6. The van der Waals surface area contributed by atoms with Crippen molar-refractivity contribution < 1.29 is 22.8 Å². The molecule has 5 nitrogen and oxygen atoms in total. The van der Waals surface area contributed by atoms with Gasteiger partial charge in [0.2, 0.25) is 5.91 Å². The Morgan fingerprint density at radius 1 is 1.08 bits per heavy atom.